The number of carbonyl (C=O) groups is 2. The molecule has 1 saturated heterocycles. The summed E-state index contributed by atoms with van der Waals surface area (Å²) in [5.41, 5.74) is 13.8. The van der Waals surface area contributed by atoms with Crippen molar-refractivity contribution in [2.45, 2.75) is 65.8 Å². The smallest absolute Gasteiger partial charge is 0.223 e. The highest BCUT2D eigenvalue weighted by Gasteiger charge is 2.26. The van der Waals surface area contributed by atoms with Crippen LogP contribution in [0.4, 0.5) is 10.1 Å². The predicted molar refractivity (Wildman–Crippen MR) is 158 cm³/mol. The zero-order valence-corrected chi connectivity index (χ0v) is 24.4. The number of hydrogen-bond donors (Lipinski definition) is 3. The summed E-state index contributed by atoms with van der Waals surface area (Å²) >= 11 is 0. The molecule has 0 spiro atoms. The van der Waals surface area contributed by atoms with E-state index < -0.39 is 0 Å². The van der Waals surface area contributed by atoms with E-state index in [0.29, 0.717) is 57.5 Å². The van der Waals surface area contributed by atoms with Crippen LogP contribution in [0, 0.1) is 18.7 Å². The first-order valence-corrected chi connectivity index (χ1v) is 14.1. The minimum Gasteiger partial charge on any atom is -0.370 e. The third-order valence-corrected chi connectivity index (χ3v) is 6.78. The van der Waals surface area contributed by atoms with Crippen molar-refractivity contribution in [1.82, 2.24) is 10.2 Å². The van der Waals surface area contributed by atoms with E-state index in [1.165, 1.54) is 11.1 Å². The fourth-order valence-electron chi connectivity index (χ4n) is 4.70. The molecule has 2 amide bonds. The molecule has 7 nitrogen and oxygen atoms in total. The maximum absolute atomic E-state index is 14.7. The highest BCUT2D eigenvalue weighted by atomic mass is 19.1. The molecule has 0 radical (unpaired) electrons. The number of carbonyl (C=O) groups excluding carboxylic acids is 2. The summed E-state index contributed by atoms with van der Waals surface area (Å²) in [7, 11) is 0. The number of hydrogen-bond acceptors (Lipinski definition) is 5. The highest BCUT2D eigenvalue weighted by Crippen LogP contribution is 2.28. The van der Waals surface area contributed by atoms with Gasteiger partial charge in [-0.1, -0.05) is 69.7 Å². The molecule has 0 bridgehead atoms. The fourth-order valence-corrected chi connectivity index (χ4v) is 4.70. The third kappa shape index (κ3) is 11.0. The zero-order valence-electron chi connectivity index (χ0n) is 24.4. The lowest BCUT2D eigenvalue weighted by molar-refractivity contribution is -0.132. The molecule has 1 unspecified atom stereocenters. The molecule has 0 saturated carbocycles. The number of anilines is 1. The second-order valence-electron chi connectivity index (χ2n) is 11.1. The van der Waals surface area contributed by atoms with Crippen LogP contribution in [0.1, 0.15) is 63.1 Å². The molecule has 5 N–H and O–H groups in total. The van der Waals surface area contributed by atoms with Crippen LogP contribution in [0.2, 0.25) is 0 Å². The Kier molecular flexibility index (Phi) is 13.4. The molecule has 0 aliphatic carbocycles. The van der Waals surface area contributed by atoms with Gasteiger partial charge >= 0.3 is 0 Å². The molecular formula is C31H48FN5O2. The summed E-state index contributed by atoms with van der Waals surface area (Å²) in [5, 5.41) is 3.50. The Morgan fingerprint density at radius 3 is 2.15 bits per heavy atom. The van der Waals surface area contributed by atoms with Crippen LogP contribution in [0.15, 0.2) is 42.5 Å². The topological polar surface area (TPSA) is 105 Å². The number of benzene rings is 2. The Hall–Kier alpha value is -2.97. The number of aryl methyl sites for hydroxylation is 1. The zero-order chi connectivity index (χ0) is 28.9. The monoisotopic (exact) mass is 541 g/mol. The average Bonchev–Trinajstić information content (AvgIpc) is 2.87. The SMILES string of the molecule is Cc1ccc(C(CNC(C)C)CC(=O)N2CCN(c3c(F)cccc3CC(C)C)CC2)cc1.NCCC(N)=O. The largest absolute Gasteiger partial charge is 0.370 e. The van der Waals surface area contributed by atoms with Gasteiger partial charge in [-0.15, -0.1) is 0 Å². The first-order valence-electron chi connectivity index (χ1n) is 14.1. The second kappa shape index (κ2) is 16.2. The molecule has 39 heavy (non-hydrogen) atoms. The summed E-state index contributed by atoms with van der Waals surface area (Å²) in [4.78, 5) is 27.0. The van der Waals surface area contributed by atoms with Gasteiger partial charge in [0.15, 0.2) is 0 Å². The molecule has 216 valence electrons. The van der Waals surface area contributed by atoms with Gasteiger partial charge in [0.05, 0.1) is 5.69 Å². The van der Waals surface area contributed by atoms with Crippen LogP contribution in [-0.2, 0) is 16.0 Å². The van der Waals surface area contributed by atoms with E-state index in [1.807, 2.05) is 11.0 Å². The molecule has 3 rings (SSSR count). The van der Waals surface area contributed by atoms with E-state index in [-0.39, 0.29) is 23.5 Å². The van der Waals surface area contributed by atoms with E-state index in [2.05, 4.69) is 74.8 Å². The summed E-state index contributed by atoms with van der Waals surface area (Å²) in [5.74, 6) is 0.292. The van der Waals surface area contributed by atoms with E-state index in [9.17, 15) is 14.0 Å². The van der Waals surface area contributed by atoms with Crippen molar-refractivity contribution >= 4 is 17.5 Å². The molecular weight excluding hydrogens is 493 g/mol. The van der Waals surface area contributed by atoms with Crippen LogP contribution in [0.5, 0.6) is 0 Å². The van der Waals surface area contributed by atoms with Gasteiger partial charge in [-0.05, 0) is 36.5 Å². The first kappa shape index (κ1) is 32.2. The van der Waals surface area contributed by atoms with Crippen molar-refractivity contribution < 1.29 is 14.0 Å². The van der Waals surface area contributed by atoms with E-state index in [0.717, 1.165) is 24.2 Å². The van der Waals surface area contributed by atoms with Crippen molar-refractivity contribution in [3.05, 3.63) is 65.0 Å². The molecule has 0 aromatic heterocycles. The van der Waals surface area contributed by atoms with Gasteiger partial charge in [-0.3, -0.25) is 9.59 Å². The van der Waals surface area contributed by atoms with Gasteiger partial charge in [0.1, 0.15) is 5.82 Å². The van der Waals surface area contributed by atoms with Gasteiger partial charge in [0, 0.05) is 64.1 Å². The summed E-state index contributed by atoms with van der Waals surface area (Å²) in [6.07, 6.45) is 1.63. The van der Waals surface area contributed by atoms with Crippen molar-refractivity contribution in [2.75, 3.05) is 44.2 Å². The fraction of sp³-hybridized carbons (Fsp3) is 0.548. The van der Waals surface area contributed by atoms with Crippen molar-refractivity contribution in [3.8, 4) is 0 Å². The van der Waals surface area contributed by atoms with Crippen LogP contribution in [0.3, 0.4) is 0 Å². The second-order valence-corrected chi connectivity index (χ2v) is 11.1. The van der Waals surface area contributed by atoms with Crippen molar-refractivity contribution in [1.29, 1.82) is 0 Å². The summed E-state index contributed by atoms with van der Waals surface area (Å²) < 4.78 is 14.7. The molecule has 1 heterocycles. The van der Waals surface area contributed by atoms with Crippen LogP contribution >= 0.6 is 0 Å². The number of para-hydroxylation sites is 1. The number of piperazine rings is 1. The standard InChI is InChI=1S/C28H40FN3O.C3H8N2O/c1-20(2)17-24-7-6-8-26(29)28(24)32-15-13-31(14-16-32)27(33)18-25(19-30-21(3)4)23-11-9-22(5)10-12-23;4-2-1-3(5)6/h6-12,20-21,25,30H,13-19H2,1-5H3;1-2,4H2,(H2,5,6). The Morgan fingerprint density at radius 1 is 1.00 bits per heavy atom. The van der Waals surface area contributed by atoms with Crippen LogP contribution < -0.4 is 21.7 Å². The summed E-state index contributed by atoms with van der Waals surface area (Å²) in [6.45, 7) is 14.4. The first-order chi connectivity index (χ1) is 18.5. The molecule has 1 aliphatic heterocycles. The summed E-state index contributed by atoms with van der Waals surface area (Å²) in [6, 6.07) is 14.3. The number of nitrogens with two attached hydrogens (primary N) is 2. The Morgan fingerprint density at radius 2 is 1.64 bits per heavy atom. The lowest BCUT2D eigenvalue weighted by atomic mass is 9.93. The predicted octanol–water partition coefficient (Wildman–Crippen LogP) is 3.97. The normalized spacial score (nSPS) is 14.3. The third-order valence-electron chi connectivity index (χ3n) is 6.78. The number of primary amides is 1. The van der Waals surface area contributed by atoms with Gasteiger partial charge in [0.2, 0.25) is 11.8 Å². The van der Waals surface area contributed by atoms with Crippen molar-refractivity contribution in [2.24, 2.45) is 17.4 Å². The highest BCUT2D eigenvalue weighted by molar-refractivity contribution is 5.77. The molecule has 2 aromatic carbocycles. The Labute approximate surface area is 234 Å². The maximum atomic E-state index is 14.7. The van der Waals surface area contributed by atoms with E-state index in [1.54, 1.807) is 12.1 Å². The van der Waals surface area contributed by atoms with Crippen LogP contribution in [-0.4, -0.2) is 62.0 Å². The van der Waals surface area contributed by atoms with E-state index in [4.69, 9.17) is 5.73 Å². The Balaban J connectivity index is 0.000000798. The minimum absolute atomic E-state index is 0.141. The quantitative estimate of drug-likeness (QED) is 0.399. The maximum Gasteiger partial charge on any atom is 0.223 e. The minimum atomic E-state index is -0.336. The van der Waals surface area contributed by atoms with Crippen LogP contribution in [0.25, 0.3) is 0 Å². The van der Waals surface area contributed by atoms with Gasteiger partial charge in [-0.2, -0.15) is 0 Å². The van der Waals surface area contributed by atoms with Crippen molar-refractivity contribution in [3.63, 3.8) is 0 Å². The van der Waals surface area contributed by atoms with E-state index >= 15 is 0 Å². The molecule has 1 aliphatic rings. The number of amides is 2. The Bertz CT molecular complexity index is 1030. The number of rotatable bonds is 11. The number of nitrogens with zero attached hydrogens (tertiary/aromatic N) is 2. The average molecular weight is 542 g/mol. The van der Waals surface area contributed by atoms with Gasteiger partial charge < -0.3 is 26.6 Å². The number of nitrogens with one attached hydrogen (secondary N) is 1. The molecule has 1 fully saturated rings. The molecule has 2 aromatic rings. The molecule has 1 atom stereocenters. The van der Waals surface area contributed by atoms with Gasteiger partial charge in [0.25, 0.3) is 0 Å². The lowest BCUT2D eigenvalue weighted by Crippen LogP contribution is -2.49. The number of halogens is 1. The lowest BCUT2D eigenvalue weighted by Gasteiger charge is -2.38. The van der Waals surface area contributed by atoms with Gasteiger partial charge in [-0.25, -0.2) is 4.39 Å². The molecule has 8 heteroatoms.